The third-order valence-electron chi connectivity index (χ3n) is 3.72. The van der Waals surface area contributed by atoms with E-state index in [0.717, 1.165) is 25.7 Å². The van der Waals surface area contributed by atoms with Crippen molar-refractivity contribution < 1.29 is 18.3 Å². The highest BCUT2D eigenvalue weighted by molar-refractivity contribution is 7.89. The van der Waals surface area contributed by atoms with Crippen molar-refractivity contribution in [3.8, 4) is 0 Å². The van der Waals surface area contributed by atoms with Crippen LogP contribution in [0.5, 0.6) is 0 Å². The minimum absolute atomic E-state index is 0.0522. The van der Waals surface area contributed by atoms with Crippen molar-refractivity contribution in [2.75, 3.05) is 6.54 Å². The minimum atomic E-state index is -3.88. The molecule has 0 aliphatic heterocycles. The van der Waals surface area contributed by atoms with Gasteiger partial charge in [0.2, 0.25) is 5.03 Å². The first-order chi connectivity index (χ1) is 9.39. The predicted molar refractivity (Wildman–Crippen MR) is 72.1 cm³/mol. The summed E-state index contributed by atoms with van der Waals surface area (Å²) in [4.78, 5) is 11.2. The maximum Gasteiger partial charge on any atom is 0.340 e. The lowest BCUT2D eigenvalue weighted by Gasteiger charge is -2.25. The Morgan fingerprint density at radius 1 is 1.45 bits per heavy atom. The number of carbonyl (C=O) groups is 1. The second-order valence-electron chi connectivity index (χ2n) is 4.98. The van der Waals surface area contributed by atoms with E-state index in [2.05, 4.69) is 10.2 Å². The highest BCUT2D eigenvalue weighted by Crippen LogP contribution is 2.29. The van der Waals surface area contributed by atoms with Gasteiger partial charge in [0, 0.05) is 18.3 Å². The van der Waals surface area contributed by atoms with E-state index < -0.39 is 16.0 Å². The first-order valence-corrected chi connectivity index (χ1v) is 8.13. The maximum absolute atomic E-state index is 12.7. The monoisotopic (exact) mass is 301 g/mol. The summed E-state index contributed by atoms with van der Waals surface area (Å²) in [7, 11) is -3.88. The molecule has 2 rings (SSSR count). The first kappa shape index (κ1) is 15.0. The molecule has 8 heteroatoms. The van der Waals surface area contributed by atoms with Gasteiger partial charge in [-0.2, -0.15) is 9.40 Å². The quantitative estimate of drug-likeness (QED) is 0.855. The van der Waals surface area contributed by atoms with Crippen LogP contribution in [-0.4, -0.2) is 46.6 Å². The summed E-state index contributed by atoms with van der Waals surface area (Å²) in [6, 6.07) is -0.0522. The lowest BCUT2D eigenvalue weighted by molar-refractivity contribution is 0.0691. The van der Waals surface area contributed by atoms with E-state index in [1.54, 1.807) is 6.92 Å². The number of rotatable bonds is 5. The number of aromatic amines is 1. The fourth-order valence-electron chi connectivity index (χ4n) is 2.77. The molecule has 1 fully saturated rings. The van der Waals surface area contributed by atoms with Gasteiger partial charge in [-0.05, 0) is 19.8 Å². The van der Waals surface area contributed by atoms with E-state index in [1.165, 1.54) is 11.2 Å². The molecule has 1 aliphatic rings. The van der Waals surface area contributed by atoms with Crippen molar-refractivity contribution in [3.63, 3.8) is 0 Å². The van der Waals surface area contributed by atoms with Crippen molar-refractivity contribution in [3.05, 3.63) is 11.3 Å². The molecule has 7 nitrogen and oxygen atoms in total. The second-order valence-corrected chi connectivity index (χ2v) is 6.79. The van der Waals surface area contributed by atoms with Crippen molar-refractivity contribution in [1.82, 2.24) is 14.5 Å². The Bertz CT molecular complexity index is 602. The highest BCUT2D eigenvalue weighted by atomic mass is 32.2. The Labute approximate surface area is 118 Å². The Hall–Kier alpha value is -1.41. The average molecular weight is 301 g/mol. The van der Waals surface area contributed by atoms with Crippen LogP contribution in [0, 0.1) is 6.92 Å². The van der Waals surface area contributed by atoms with Crippen LogP contribution >= 0.6 is 0 Å². The van der Waals surface area contributed by atoms with Gasteiger partial charge in [0.25, 0.3) is 10.0 Å². The molecule has 20 heavy (non-hydrogen) atoms. The molecule has 2 N–H and O–H groups in total. The van der Waals surface area contributed by atoms with Gasteiger partial charge in [-0.3, -0.25) is 5.10 Å². The summed E-state index contributed by atoms with van der Waals surface area (Å²) in [5.41, 5.74) is -0.0139. The molecular weight excluding hydrogens is 282 g/mol. The molecule has 0 saturated heterocycles. The van der Waals surface area contributed by atoms with Crippen molar-refractivity contribution in [2.45, 2.75) is 50.6 Å². The van der Waals surface area contributed by atoms with Gasteiger partial charge in [0.1, 0.15) is 5.56 Å². The molecule has 1 aromatic rings. The van der Waals surface area contributed by atoms with Crippen LogP contribution in [-0.2, 0) is 10.0 Å². The van der Waals surface area contributed by atoms with Crippen LogP contribution < -0.4 is 0 Å². The number of aromatic carboxylic acids is 1. The summed E-state index contributed by atoms with van der Waals surface area (Å²) in [5, 5.41) is 15.0. The minimum Gasteiger partial charge on any atom is -0.478 e. The molecule has 0 radical (unpaired) electrons. The summed E-state index contributed by atoms with van der Waals surface area (Å²) in [5.74, 6) is -1.28. The number of nitrogens with zero attached hydrogens (tertiary/aromatic N) is 2. The maximum atomic E-state index is 12.7. The fourth-order valence-corrected chi connectivity index (χ4v) is 4.60. The van der Waals surface area contributed by atoms with Gasteiger partial charge in [-0.25, -0.2) is 13.2 Å². The van der Waals surface area contributed by atoms with Crippen LogP contribution in [0.4, 0.5) is 0 Å². The molecule has 0 spiro atoms. The molecule has 1 aliphatic carbocycles. The van der Waals surface area contributed by atoms with Crippen LogP contribution in [0.2, 0.25) is 0 Å². The van der Waals surface area contributed by atoms with Gasteiger partial charge in [-0.15, -0.1) is 0 Å². The normalized spacial score (nSPS) is 16.9. The number of hydrogen-bond donors (Lipinski definition) is 2. The van der Waals surface area contributed by atoms with Crippen molar-refractivity contribution in [1.29, 1.82) is 0 Å². The topological polar surface area (TPSA) is 103 Å². The summed E-state index contributed by atoms with van der Waals surface area (Å²) in [6.07, 6.45) is 3.64. The van der Waals surface area contributed by atoms with E-state index in [1.807, 2.05) is 0 Å². The van der Waals surface area contributed by atoms with E-state index in [0.29, 0.717) is 6.54 Å². The first-order valence-electron chi connectivity index (χ1n) is 6.69. The van der Waals surface area contributed by atoms with Gasteiger partial charge < -0.3 is 5.11 Å². The number of carboxylic acids is 1. The zero-order valence-electron chi connectivity index (χ0n) is 11.6. The third-order valence-corrected chi connectivity index (χ3v) is 5.68. The molecule has 0 amide bonds. The van der Waals surface area contributed by atoms with Crippen LogP contribution in [0.15, 0.2) is 5.03 Å². The Morgan fingerprint density at radius 3 is 2.55 bits per heavy atom. The van der Waals surface area contributed by atoms with Crippen molar-refractivity contribution in [2.24, 2.45) is 0 Å². The number of sulfonamides is 1. The van der Waals surface area contributed by atoms with Crippen LogP contribution in [0.25, 0.3) is 0 Å². The molecular formula is C12H19N3O4S. The number of aromatic nitrogens is 2. The van der Waals surface area contributed by atoms with Gasteiger partial charge in [0.15, 0.2) is 0 Å². The predicted octanol–water partition coefficient (Wildman–Crippen LogP) is 1.37. The Morgan fingerprint density at radius 2 is 2.05 bits per heavy atom. The molecule has 1 aromatic heterocycles. The SMILES string of the molecule is CCN(C1CCCC1)S(=O)(=O)c1n[nH]c(C)c1C(=O)O. The smallest absolute Gasteiger partial charge is 0.340 e. The van der Waals surface area contributed by atoms with Crippen LogP contribution in [0.3, 0.4) is 0 Å². The molecule has 0 bridgehead atoms. The molecule has 0 atom stereocenters. The van der Waals surface area contributed by atoms with E-state index >= 15 is 0 Å². The largest absolute Gasteiger partial charge is 0.478 e. The highest BCUT2D eigenvalue weighted by Gasteiger charge is 2.37. The van der Waals surface area contributed by atoms with Crippen LogP contribution in [0.1, 0.15) is 48.7 Å². The zero-order valence-corrected chi connectivity index (χ0v) is 12.4. The average Bonchev–Trinajstić information content (AvgIpc) is 2.98. The number of carboxylic acid groups (broad SMARTS) is 1. The number of H-pyrrole nitrogens is 1. The lowest BCUT2D eigenvalue weighted by atomic mass is 10.2. The number of hydrogen-bond acceptors (Lipinski definition) is 4. The van der Waals surface area contributed by atoms with E-state index in [-0.39, 0.29) is 22.3 Å². The molecule has 1 heterocycles. The Kier molecular flexibility index (Phi) is 4.14. The lowest BCUT2D eigenvalue weighted by Crippen LogP contribution is -2.39. The Balaban J connectivity index is 2.46. The van der Waals surface area contributed by atoms with E-state index in [4.69, 9.17) is 0 Å². The number of aryl methyl sites for hydroxylation is 1. The zero-order chi connectivity index (χ0) is 14.9. The van der Waals surface area contributed by atoms with Gasteiger partial charge in [0.05, 0.1) is 0 Å². The van der Waals surface area contributed by atoms with Gasteiger partial charge in [-0.1, -0.05) is 19.8 Å². The summed E-state index contributed by atoms with van der Waals surface area (Å²) < 4.78 is 26.7. The molecule has 1 saturated carbocycles. The third kappa shape index (κ3) is 2.45. The summed E-state index contributed by atoms with van der Waals surface area (Å²) >= 11 is 0. The molecule has 0 unspecified atom stereocenters. The standard InChI is InChI=1S/C12H19N3O4S/c1-3-15(9-6-4-5-7-9)20(18,19)11-10(12(16)17)8(2)13-14-11/h9H,3-7H2,1-2H3,(H,13,14)(H,16,17). The molecule has 0 aromatic carbocycles. The number of nitrogens with one attached hydrogen (secondary N) is 1. The van der Waals surface area contributed by atoms with Crippen molar-refractivity contribution >= 4 is 16.0 Å². The summed E-state index contributed by atoms with van der Waals surface area (Å²) in [6.45, 7) is 3.58. The molecule has 112 valence electrons. The second kappa shape index (κ2) is 5.53. The van der Waals surface area contributed by atoms with Gasteiger partial charge >= 0.3 is 5.97 Å². The fraction of sp³-hybridized carbons (Fsp3) is 0.667. The van der Waals surface area contributed by atoms with E-state index in [9.17, 15) is 18.3 Å².